The molecule has 19 heavy (non-hydrogen) atoms. The van der Waals surface area contributed by atoms with Gasteiger partial charge in [-0.1, -0.05) is 18.2 Å². The fraction of sp³-hybridized carbons (Fsp3) is 0.385. The van der Waals surface area contributed by atoms with Gasteiger partial charge in [-0.25, -0.2) is 4.79 Å². The van der Waals surface area contributed by atoms with Gasteiger partial charge in [0.25, 0.3) is 0 Å². The molecule has 1 aromatic rings. The Hall–Kier alpha value is -1.15. The highest BCUT2D eigenvalue weighted by Crippen LogP contribution is 2.13. The van der Waals surface area contributed by atoms with Crippen molar-refractivity contribution in [2.45, 2.75) is 18.9 Å². The highest BCUT2D eigenvalue weighted by atomic mass is 127. The number of methoxy groups -OCH3 is 1. The Kier molecular flexibility index (Phi) is 5.74. The lowest BCUT2D eigenvalue weighted by Gasteiger charge is -2.25. The molecule has 2 N–H and O–H groups in total. The minimum absolute atomic E-state index is 0.0834. The first-order valence-electron chi connectivity index (χ1n) is 5.66. The van der Waals surface area contributed by atoms with Crippen molar-refractivity contribution in [1.82, 2.24) is 5.32 Å². The van der Waals surface area contributed by atoms with Crippen LogP contribution >= 0.6 is 22.6 Å². The minimum Gasteiger partial charge on any atom is -0.479 e. The highest BCUT2D eigenvalue weighted by Gasteiger charge is 2.34. The molecule has 1 rings (SSSR count). The predicted molar refractivity (Wildman–Crippen MR) is 78.9 cm³/mol. The molecule has 5 nitrogen and oxygen atoms in total. The highest BCUT2D eigenvalue weighted by molar-refractivity contribution is 14.1. The maximum atomic E-state index is 11.9. The summed E-state index contributed by atoms with van der Waals surface area (Å²) < 4.78 is 5.82. The van der Waals surface area contributed by atoms with Crippen LogP contribution < -0.4 is 5.32 Å². The number of rotatable bonds is 6. The smallest absolute Gasteiger partial charge is 0.331 e. The van der Waals surface area contributed by atoms with Gasteiger partial charge in [-0.2, -0.15) is 0 Å². The molecule has 0 radical (unpaired) electrons. The van der Waals surface area contributed by atoms with Gasteiger partial charge in [-0.15, -0.1) is 0 Å². The van der Waals surface area contributed by atoms with E-state index < -0.39 is 11.5 Å². The molecule has 0 spiro atoms. The van der Waals surface area contributed by atoms with Crippen LogP contribution in [-0.2, 0) is 20.7 Å². The molecule has 0 aliphatic heterocycles. The second kappa shape index (κ2) is 6.85. The molecule has 0 aliphatic rings. The number of carboxylic acid groups (broad SMARTS) is 1. The van der Waals surface area contributed by atoms with Crippen molar-refractivity contribution in [1.29, 1.82) is 0 Å². The largest absolute Gasteiger partial charge is 0.479 e. The minimum atomic E-state index is -1.41. The fourth-order valence-electron chi connectivity index (χ4n) is 1.61. The van der Waals surface area contributed by atoms with E-state index in [2.05, 4.69) is 27.9 Å². The van der Waals surface area contributed by atoms with Crippen molar-refractivity contribution >= 4 is 34.5 Å². The quantitative estimate of drug-likeness (QED) is 0.736. The van der Waals surface area contributed by atoms with Crippen molar-refractivity contribution in [2.24, 2.45) is 0 Å². The summed E-state index contributed by atoms with van der Waals surface area (Å²) in [5.74, 6) is -1.46. The van der Waals surface area contributed by atoms with E-state index in [0.29, 0.717) is 0 Å². The standard InChI is InChI=1S/C13H16INO4/c1-13(8-19-2,12(17)18)15-11(16)7-9-5-3-4-6-10(9)14/h3-6H,7-8H2,1-2H3,(H,15,16)(H,17,18). The molecule has 0 aromatic heterocycles. The lowest BCUT2D eigenvalue weighted by atomic mass is 10.0. The van der Waals surface area contributed by atoms with Crippen LogP contribution in [0.25, 0.3) is 0 Å². The Morgan fingerprint density at radius 2 is 2.05 bits per heavy atom. The maximum absolute atomic E-state index is 11.9. The average Bonchev–Trinajstić information content (AvgIpc) is 2.32. The topological polar surface area (TPSA) is 75.6 Å². The number of halogens is 1. The normalized spacial score (nSPS) is 13.6. The van der Waals surface area contributed by atoms with E-state index in [0.717, 1.165) is 9.13 Å². The van der Waals surface area contributed by atoms with Crippen LogP contribution in [0, 0.1) is 3.57 Å². The number of carbonyl (C=O) groups is 2. The molecule has 1 aromatic carbocycles. The van der Waals surface area contributed by atoms with E-state index in [1.54, 1.807) is 0 Å². The summed E-state index contributed by atoms with van der Waals surface area (Å²) in [4.78, 5) is 23.1. The summed E-state index contributed by atoms with van der Waals surface area (Å²) in [6, 6.07) is 7.47. The number of hydrogen-bond acceptors (Lipinski definition) is 3. The molecule has 1 amide bonds. The van der Waals surface area contributed by atoms with Crippen molar-refractivity contribution in [3.8, 4) is 0 Å². The van der Waals surface area contributed by atoms with Gasteiger partial charge in [0, 0.05) is 10.7 Å². The summed E-state index contributed by atoms with van der Waals surface area (Å²) in [6.07, 6.45) is 0.145. The first-order chi connectivity index (χ1) is 8.89. The van der Waals surface area contributed by atoms with Gasteiger partial charge >= 0.3 is 5.97 Å². The number of carboxylic acids is 1. The summed E-state index contributed by atoms with van der Waals surface area (Å²) in [5.41, 5.74) is -0.544. The van der Waals surface area contributed by atoms with Crippen molar-refractivity contribution in [2.75, 3.05) is 13.7 Å². The number of amides is 1. The molecule has 0 bridgehead atoms. The van der Waals surface area contributed by atoms with E-state index >= 15 is 0 Å². The number of hydrogen-bond donors (Lipinski definition) is 2. The molecule has 0 saturated carbocycles. The molecule has 0 aliphatic carbocycles. The number of benzene rings is 1. The zero-order valence-corrected chi connectivity index (χ0v) is 12.9. The molecule has 0 fully saturated rings. The van der Waals surface area contributed by atoms with Crippen LogP contribution in [0.2, 0.25) is 0 Å². The van der Waals surface area contributed by atoms with E-state index in [1.165, 1.54) is 14.0 Å². The molecule has 104 valence electrons. The molecule has 1 unspecified atom stereocenters. The number of ether oxygens (including phenoxy) is 1. The zero-order chi connectivity index (χ0) is 14.5. The Morgan fingerprint density at radius 3 is 2.58 bits per heavy atom. The van der Waals surface area contributed by atoms with Crippen LogP contribution in [0.5, 0.6) is 0 Å². The van der Waals surface area contributed by atoms with Crippen molar-refractivity contribution in [3.63, 3.8) is 0 Å². The first-order valence-corrected chi connectivity index (χ1v) is 6.73. The molecule has 6 heteroatoms. The molecular formula is C13H16INO4. The summed E-state index contributed by atoms with van der Waals surface area (Å²) in [7, 11) is 1.40. The molecular weight excluding hydrogens is 361 g/mol. The van der Waals surface area contributed by atoms with Gasteiger partial charge in [0.1, 0.15) is 0 Å². The third kappa shape index (κ3) is 4.46. The van der Waals surface area contributed by atoms with Crippen LogP contribution in [0.4, 0.5) is 0 Å². The third-order valence-corrected chi connectivity index (χ3v) is 3.68. The van der Waals surface area contributed by atoms with Gasteiger partial charge in [0.15, 0.2) is 5.54 Å². The second-order valence-corrected chi connectivity index (χ2v) is 5.55. The number of nitrogens with one attached hydrogen (secondary N) is 1. The van der Waals surface area contributed by atoms with Gasteiger partial charge < -0.3 is 15.2 Å². The van der Waals surface area contributed by atoms with Gasteiger partial charge in [-0.3, -0.25) is 4.79 Å². The number of aliphatic carboxylic acids is 1. The number of carbonyl (C=O) groups excluding carboxylic acids is 1. The molecule has 1 atom stereocenters. The SMILES string of the molecule is COCC(C)(NC(=O)Cc1ccccc1I)C(=O)O. The zero-order valence-electron chi connectivity index (χ0n) is 10.8. The predicted octanol–water partition coefficient (Wildman–Crippen LogP) is 1.44. The van der Waals surface area contributed by atoms with E-state index in [1.807, 2.05) is 24.3 Å². The summed E-state index contributed by atoms with van der Waals surface area (Å²) >= 11 is 2.14. The Bertz CT molecular complexity index is 477. The summed E-state index contributed by atoms with van der Waals surface area (Å²) in [6.45, 7) is 1.34. The van der Waals surface area contributed by atoms with E-state index in [9.17, 15) is 9.59 Å². The Morgan fingerprint density at radius 1 is 1.42 bits per heavy atom. The van der Waals surface area contributed by atoms with Crippen molar-refractivity contribution < 1.29 is 19.4 Å². The Labute approximate surface area is 125 Å². The van der Waals surface area contributed by atoms with Gasteiger partial charge in [0.2, 0.25) is 5.91 Å². The molecule has 0 heterocycles. The fourth-order valence-corrected chi connectivity index (χ4v) is 2.18. The monoisotopic (exact) mass is 377 g/mol. The average molecular weight is 377 g/mol. The third-order valence-electron chi connectivity index (χ3n) is 2.63. The van der Waals surface area contributed by atoms with Crippen LogP contribution in [0.15, 0.2) is 24.3 Å². The van der Waals surface area contributed by atoms with Crippen LogP contribution in [-0.4, -0.2) is 36.2 Å². The van der Waals surface area contributed by atoms with Crippen LogP contribution in [0.3, 0.4) is 0 Å². The lowest BCUT2D eigenvalue weighted by molar-refractivity contribution is -0.149. The van der Waals surface area contributed by atoms with Crippen molar-refractivity contribution in [3.05, 3.63) is 33.4 Å². The van der Waals surface area contributed by atoms with E-state index in [4.69, 9.17) is 9.84 Å². The molecule has 0 saturated heterocycles. The summed E-state index contributed by atoms with van der Waals surface area (Å²) in [5, 5.41) is 11.6. The first kappa shape index (κ1) is 15.9. The maximum Gasteiger partial charge on any atom is 0.331 e. The Balaban J connectivity index is 2.74. The lowest BCUT2D eigenvalue weighted by Crippen LogP contribution is -2.55. The van der Waals surface area contributed by atoms with Crippen LogP contribution in [0.1, 0.15) is 12.5 Å². The van der Waals surface area contributed by atoms with E-state index in [-0.39, 0.29) is 18.9 Å². The van der Waals surface area contributed by atoms with Gasteiger partial charge in [0.05, 0.1) is 13.0 Å². The van der Waals surface area contributed by atoms with Gasteiger partial charge in [-0.05, 0) is 41.1 Å². The second-order valence-electron chi connectivity index (χ2n) is 4.39.